The summed E-state index contributed by atoms with van der Waals surface area (Å²) in [5.41, 5.74) is 0.273. The molecule has 1 saturated heterocycles. The van der Waals surface area contributed by atoms with Crippen LogP contribution >= 0.6 is 33.9 Å². The van der Waals surface area contributed by atoms with Crippen LogP contribution < -0.4 is 10.2 Å². The number of alkyl halides is 1. The molecule has 2 N–H and O–H groups in total. The summed E-state index contributed by atoms with van der Waals surface area (Å²) in [5, 5.41) is 13.2. The molecule has 3 fully saturated rings. The lowest BCUT2D eigenvalue weighted by Crippen LogP contribution is -2.50. The second kappa shape index (κ2) is 14.8. The van der Waals surface area contributed by atoms with Gasteiger partial charge >= 0.3 is 18.2 Å². The zero-order valence-electron chi connectivity index (χ0n) is 27.5. The molecule has 3 amide bonds. The highest BCUT2D eigenvalue weighted by atomic mass is 127. The molecule has 0 radical (unpaired) electrons. The first-order valence-corrected chi connectivity index (χ1v) is 18.3. The maximum Gasteiger partial charge on any atom is 0.411 e. The minimum Gasteiger partial charge on any atom is -0.477 e. The number of amides is 3. The van der Waals surface area contributed by atoms with Gasteiger partial charge in [-0.25, -0.2) is 14.4 Å². The molecule has 10 nitrogen and oxygen atoms in total. The molecule has 0 aromatic carbocycles. The Hall–Kier alpha value is -2.09. The van der Waals surface area contributed by atoms with E-state index in [2.05, 4.69) is 55.6 Å². The Kier molecular flexibility index (Phi) is 11.7. The Balaban J connectivity index is 1.41. The van der Waals surface area contributed by atoms with Crippen molar-refractivity contribution in [2.24, 2.45) is 11.8 Å². The maximum absolute atomic E-state index is 14.2. The van der Waals surface area contributed by atoms with Gasteiger partial charge in [-0.05, 0) is 118 Å². The van der Waals surface area contributed by atoms with E-state index in [4.69, 9.17) is 9.47 Å². The molecule has 1 aromatic heterocycles. The van der Waals surface area contributed by atoms with Crippen molar-refractivity contribution in [2.75, 3.05) is 18.0 Å². The number of hydrogen-bond acceptors (Lipinski definition) is 7. The summed E-state index contributed by atoms with van der Waals surface area (Å²) < 4.78 is 10.6. The van der Waals surface area contributed by atoms with Crippen molar-refractivity contribution in [3.05, 3.63) is 15.8 Å². The molecule has 45 heavy (non-hydrogen) atoms. The number of thiophene rings is 1. The molecule has 2 aliphatic carbocycles. The average Bonchev–Trinajstić information content (AvgIpc) is 3.40. The van der Waals surface area contributed by atoms with Crippen LogP contribution in [0.15, 0.2) is 6.07 Å². The number of rotatable bonds is 7. The molecule has 12 heteroatoms. The molecule has 2 saturated carbocycles. The Morgan fingerprint density at radius 2 is 1.64 bits per heavy atom. The van der Waals surface area contributed by atoms with Crippen LogP contribution in [0, 0.1) is 11.8 Å². The number of carbonyl (C=O) groups is 4. The Morgan fingerprint density at radius 3 is 2.22 bits per heavy atom. The minimum absolute atomic E-state index is 0.0322. The van der Waals surface area contributed by atoms with Gasteiger partial charge in [-0.2, -0.15) is 0 Å². The Labute approximate surface area is 285 Å². The number of carbonyl (C=O) groups excluding carboxylic acids is 3. The third-order valence-electron chi connectivity index (χ3n) is 9.13. The van der Waals surface area contributed by atoms with E-state index in [1.165, 1.54) is 11.3 Å². The van der Waals surface area contributed by atoms with Gasteiger partial charge in [0.2, 0.25) is 5.91 Å². The lowest BCUT2D eigenvalue weighted by atomic mass is 9.81. The fraction of sp³-hybridized carbons (Fsp3) is 0.758. The van der Waals surface area contributed by atoms with Crippen LogP contribution in [0.4, 0.5) is 15.3 Å². The number of ether oxygens (including phenoxy) is 2. The van der Waals surface area contributed by atoms with Gasteiger partial charge in [0, 0.05) is 29.4 Å². The van der Waals surface area contributed by atoms with Crippen molar-refractivity contribution in [1.82, 2.24) is 10.2 Å². The van der Waals surface area contributed by atoms with Gasteiger partial charge in [-0.1, -0.05) is 27.7 Å². The molecule has 1 atom stereocenters. The van der Waals surface area contributed by atoms with Crippen molar-refractivity contribution in [1.29, 1.82) is 0 Å². The number of anilines is 1. The lowest BCUT2D eigenvalue weighted by molar-refractivity contribution is -0.124. The SMILES string of the molecule is CC1CCC(C(=O)N(c2cc(C(C)(C)C)sc2C(=O)O)C2CCC(NC(=O)O[C@@H]3CCCN(C(=O)OC(C)(C)I)C3)CC2)CC1. The number of halogens is 1. The van der Waals surface area contributed by atoms with Crippen LogP contribution in [0.5, 0.6) is 0 Å². The maximum atomic E-state index is 14.2. The van der Waals surface area contributed by atoms with Crippen molar-refractivity contribution in [3.8, 4) is 0 Å². The number of piperidine rings is 1. The normalized spacial score (nSPS) is 26.1. The van der Waals surface area contributed by atoms with Crippen molar-refractivity contribution in [3.63, 3.8) is 0 Å². The van der Waals surface area contributed by atoms with Crippen molar-refractivity contribution in [2.45, 2.75) is 133 Å². The van der Waals surface area contributed by atoms with E-state index in [-0.39, 0.29) is 34.2 Å². The molecule has 252 valence electrons. The standard InChI is InChI=1S/C33H50IN3O7S/c1-20-9-11-21(12-10-20)28(38)37(25-18-26(32(2,3)4)45-27(25)29(39)40)23-15-13-22(14-16-23)35-30(41)43-24-8-7-17-36(19-24)31(42)44-33(5,6)34/h18,20-24H,7-17,19H2,1-6H3,(H,35,41)(H,39,40)/t20?,21?,22?,23?,24-/m1/s1. The predicted molar refractivity (Wildman–Crippen MR) is 183 cm³/mol. The first-order chi connectivity index (χ1) is 21.0. The zero-order chi connectivity index (χ0) is 33.1. The van der Waals surface area contributed by atoms with Crippen LogP contribution in [-0.2, 0) is 19.7 Å². The number of nitrogens with zero attached hydrogens (tertiary/aromatic N) is 2. The smallest absolute Gasteiger partial charge is 0.411 e. The monoisotopic (exact) mass is 759 g/mol. The van der Waals surface area contributed by atoms with E-state index in [1.807, 2.05) is 24.8 Å². The third kappa shape index (κ3) is 9.71. The van der Waals surface area contributed by atoms with Gasteiger partial charge < -0.3 is 29.7 Å². The highest BCUT2D eigenvalue weighted by molar-refractivity contribution is 14.1. The predicted octanol–water partition coefficient (Wildman–Crippen LogP) is 7.71. The average molecular weight is 760 g/mol. The molecule has 1 aromatic rings. The molecule has 0 unspecified atom stereocenters. The zero-order valence-corrected chi connectivity index (χ0v) is 30.5. The molecule has 4 rings (SSSR count). The van der Waals surface area contributed by atoms with Crippen molar-refractivity contribution >= 4 is 63.7 Å². The van der Waals surface area contributed by atoms with E-state index >= 15 is 0 Å². The number of carboxylic acid groups (broad SMARTS) is 1. The van der Waals surface area contributed by atoms with E-state index < -0.39 is 27.9 Å². The molecule has 1 aliphatic heterocycles. The third-order valence-corrected chi connectivity index (χ3v) is 10.9. The summed E-state index contributed by atoms with van der Waals surface area (Å²) in [4.78, 5) is 56.6. The lowest BCUT2D eigenvalue weighted by Gasteiger charge is -2.39. The fourth-order valence-electron chi connectivity index (χ4n) is 6.59. The number of aromatic carboxylic acids is 1. The number of hydrogen-bond donors (Lipinski definition) is 2. The summed E-state index contributed by atoms with van der Waals surface area (Å²) >= 11 is 3.32. The summed E-state index contributed by atoms with van der Waals surface area (Å²) in [6.07, 6.45) is 6.33. The largest absolute Gasteiger partial charge is 0.477 e. The quantitative estimate of drug-likeness (QED) is 0.216. The summed E-state index contributed by atoms with van der Waals surface area (Å²) in [6.45, 7) is 12.9. The van der Waals surface area contributed by atoms with Gasteiger partial charge in [0.1, 0.15) is 11.0 Å². The van der Waals surface area contributed by atoms with E-state index in [0.29, 0.717) is 56.8 Å². The highest BCUT2D eigenvalue weighted by Crippen LogP contribution is 2.42. The Morgan fingerprint density at radius 1 is 1.00 bits per heavy atom. The highest BCUT2D eigenvalue weighted by Gasteiger charge is 2.39. The van der Waals surface area contributed by atoms with Gasteiger partial charge in [0.25, 0.3) is 0 Å². The van der Waals surface area contributed by atoms with Gasteiger partial charge in [0.05, 0.1) is 12.2 Å². The van der Waals surface area contributed by atoms with Crippen LogP contribution in [-0.4, -0.2) is 69.0 Å². The van der Waals surface area contributed by atoms with E-state index in [1.54, 1.807) is 4.90 Å². The second-order valence-corrected chi connectivity index (χ2v) is 18.2. The first-order valence-electron chi connectivity index (χ1n) is 16.4. The number of alkyl carbamates (subject to hydrolysis) is 1. The van der Waals surface area contributed by atoms with Gasteiger partial charge in [0.15, 0.2) is 3.61 Å². The first kappa shape index (κ1) is 35.8. The molecular weight excluding hydrogens is 709 g/mol. The van der Waals surface area contributed by atoms with E-state index in [0.717, 1.165) is 37.0 Å². The van der Waals surface area contributed by atoms with Crippen LogP contribution in [0.25, 0.3) is 0 Å². The number of likely N-dealkylation sites (tertiary alicyclic amines) is 1. The topological polar surface area (TPSA) is 125 Å². The minimum atomic E-state index is -1.01. The number of carboxylic acids is 1. The van der Waals surface area contributed by atoms with Gasteiger partial charge in [-0.3, -0.25) is 4.79 Å². The second-order valence-electron chi connectivity index (χ2n) is 14.5. The van der Waals surface area contributed by atoms with Crippen LogP contribution in [0.3, 0.4) is 0 Å². The molecule has 0 spiro atoms. The van der Waals surface area contributed by atoms with Crippen molar-refractivity contribution < 1.29 is 33.8 Å². The molecular formula is C33H50IN3O7S. The van der Waals surface area contributed by atoms with Gasteiger partial charge in [-0.15, -0.1) is 11.3 Å². The molecule has 0 bridgehead atoms. The Bertz CT molecular complexity index is 1220. The summed E-state index contributed by atoms with van der Waals surface area (Å²) in [6, 6.07) is 1.66. The summed E-state index contributed by atoms with van der Waals surface area (Å²) in [5.74, 6) is -0.487. The molecule has 3 aliphatic rings. The number of nitrogens with one attached hydrogen (secondary N) is 1. The summed E-state index contributed by atoms with van der Waals surface area (Å²) in [7, 11) is 0. The van der Waals surface area contributed by atoms with Crippen LogP contribution in [0.2, 0.25) is 0 Å². The fourth-order valence-corrected chi connectivity index (χ4v) is 7.82. The van der Waals surface area contributed by atoms with E-state index in [9.17, 15) is 24.3 Å². The van der Waals surface area contributed by atoms with Crippen LogP contribution in [0.1, 0.15) is 120 Å². The molecule has 2 heterocycles.